The molecule has 0 amide bonds. The first-order valence-corrected chi connectivity index (χ1v) is 7.52. The molecule has 0 aromatic carbocycles. The molecule has 17 heavy (non-hydrogen) atoms. The molecule has 1 nitrogen and oxygen atoms in total. The van der Waals surface area contributed by atoms with Gasteiger partial charge in [-0.1, -0.05) is 43.7 Å². The zero-order valence-electron chi connectivity index (χ0n) is 11.5. The summed E-state index contributed by atoms with van der Waals surface area (Å²) in [5.74, 6) is 0. The number of unbranched alkanes of at least 4 members (excludes halogenated alkanes) is 1. The van der Waals surface area contributed by atoms with Crippen molar-refractivity contribution in [3.8, 4) is 0 Å². The molecule has 0 aromatic rings. The molecule has 0 bridgehead atoms. The minimum absolute atomic E-state index is 1.18. The van der Waals surface area contributed by atoms with E-state index in [1.54, 1.807) is 0 Å². The fraction of sp³-hybridized carbons (Fsp3) is 0.600. The van der Waals surface area contributed by atoms with Gasteiger partial charge in [-0.25, -0.2) is 0 Å². The van der Waals surface area contributed by atoms with E-state index in [9.17, 15) is 0 Å². The standard InChI is InChI=1S/C15H26IN/c1-5-7-11-17(4)12-8-10-15(16)13-14(3)9-6-2/h6,9,13H,2,5,7-8,10-12H2,1,3-4H3/b14-9+,15-13-. The predicted octanol–water partition coefficient (Wildman–Crippen LogP) is 4.95. The quantitative estimate of drug-likeness (QED) is 0.421. The molecular formula is C15H26IN. The molecule has 0 atom stereocenters. The maximum Gasteiger partial charge on any atom is -0.00185 e. The van der Waals surface area contributed by atoms with Crippen molar-refractivity contribution in [1.29, 1.82) is 0 Å². The van der Waals surface area contributed by atoms with E-state index in [0.717, 1.165) is 0 Å². The van der Waals surface area contributed by atoms with Crippen LogP contribution in [-0.2, 0) is 0 Å². The Bertz CT molecular complexity index is 266. The molecule has 0 saturated carbocycles. The topological polar surface area (TPSA) is 3.24 Å². The Morgan fingerprint density at radius 1 is 1.29 bits per heavy atom. The SMILES string of the molecule is C=C/C=C(C)/C=C(\I)CCCN(C)CCCC. The van der Waals surface area contributed by atoms with Crippen LogP contribution < -0.4 is 0 Å². The summed E-state index contributed by atoms with van der Waals surface area (Å²) < 4.78 is 1.43. The molecule has 0 unspecified atom stereocenters. The van der Waals surface area contributed by atoms with E-state index in [0.29, 0.717) is 0 Å². The van der Waals surface area contributed by atoms with Gasteiger partial charge >= 0.3 is 0 Å². The Labute approximate surface area is 121 Å². The lowest BCUT2D eigenvalue weighted by atomic mass is 10.2. The Hall–Kier alpha value is -0.0900. The van der Waals surface area contributed by atoms with Crippen LogP contribution in [0.15, 0.2) is 34.0 Å². The summed E-state index contributed by atoms with van der Waals surface area (Å²) in [5, 5.41) is 0. The van der Waals surface area contributed by atoms with Crippen molar-refractivity contribution in [2.24, 2.45) is 0 Å². The molecule has 0 spiro atoms. The Kier molecular flexibility index (Phi) is 11.0. The van der Waals surface area contributed by atoms with Crippen LogP contribution in [0.4, 0.5) is 0 Å². The normalized spacial score (nSPS) is 13.2. The summed E-state index contributed by atoms with van der Waals surface area (Å²) >= 11 is 2.44. The Balaban J connectivity index is 3.80. The van der Waals surface area contributed by atoms with Gasteiger partial charge in [0.05, 0.1) is 0 Å². The van der Waals surface area contributed by atoms with Crippen molar-refractivity contribution < 1.29 is 0 Å². The van der Waals surface area contributed by atoms with Crippen molar-refractivity contribution in [2.45, 2.75) is 39.5 Å². The summed E-state index contributed by atoms with van der Waals surface area (Å²) in [5.41, 5.74) is 1.28. The number of hydrogen-bond acceptors (Lipinski definition) is 1. The summed E-state index contributed by atoms with van der Waals surface area (Å²) in [7, 11) is 2.22. The minimum Gasteiger partial charge on any atom is -0.306 e. The number of halogens is 1. The van der Waals surface area contributed by atoms with E-state index in [1.165, 1.54) is 47.9 Å². The van der Waals surface area contributed by atoms with Gasteiger partial charge < -0.3 is 4.90 Å². The van der Waals surface area contributed by atoms with Crippen molar-refractivity contribution in [3.05, 3.63) is 34.0 Å². The van der Waals surface area contributed by atoms with E-state index >= 15 is 0 Å². The van der Waals surface area contributed by atoms with Crippen molar-refractivity contribution in [2.75, 3.05) is 20.1 Å². The van der Waals surface area contributed by atoms with E-state index in [1.807, 2.05) is 12.2 Å². The van der Waals surface area contributed by atoms with E-state index in [-0.39, 0.29) is 0 Å². The summed E-state index contributed by atoms with van der Waals surface area (Å²) in [4.78, 5) is 2.43. The highest BCUT2D eigenvalue weighted by Crippen LogP contribution is 2.16. The van der Waals surface area contributed by atoms with E-state index < -0.39 is 0 Å². The van der Waals surface area contributed by atoms with Crippen LogP contribution in [0.1, 0.15) is 39.5 Å². The highest BCUT2D eigenvalue weighted by molar-refractivity contribution is 14.1. The maximum atomic E-state index is 3.71. The smallest absolute Gasteiger partial charge is 0.00185 e. The van der Waals surface area contributed by atoms with E-state index in [2.05, 4.69) is 61.0 Å². The van der Waals surface area contributed by atoms with Gasteiger partial charge in [-0.05, 0) is 72.5 Å². The zero-order valence-corrected chi connectivity index (χ0v) is 13.7. The van der Waals surface area contributed by atoms with Crippen LogP contribution in [0.3, 0.4) is 0 Å². The first-order valence-electron chi connectivity index (χ1n) is 6.44. The van der Waals surface area contributed by atoms with Crippen LogP contribution in [0, 0.1) is 0 Å². The molecule has 0 saturated heterocycles. The number of hydrogen-bond donors (Lipinski definition) is 0. The predicted molar refractivity (Wildman–Crippen MR) is 87.7 cm³/mol. The number of rotatable bonds is 9. The molecule has 0 heterocycles. The molecular weight excluding hydrogens is 321 g/mol. The van der Waals surface area contributed by atoms with Crippen LogP contribution in [-0.4, -0.2) is 25.0 Å². The Morgan fingerprint density at radius 2 is 1.94 bits per heavy atom. The first-order chi connectivity index (χ1) is 8.10. The third-order valence-corrected chi connectivity index (χ3v) is 3.46. The van der Waals surface area contributed by atoms with Gasteiger partial charge in [0, 0.05) is 0 Å². The summed E-state index contributed by atoms with van der Waals surface area (Å²) in [6.45, 7) is 10.5. The summed E-state index contributed by atoms with van der Waals surface area (Å²) in [6, 6.07) is 0. The van der Waals surface area contributed by atoms with Crippen LogP contribution in [0.5, 0.6) is 0 Å². The third kappa shape index (κ3) is 10.8. The largest absolute Gasteiger partial charge is 0.306 e. The van der Waals surface area contributed by atoms with Crippen LogP contribution >= 0.6 is 22.6 Å². The molecule has 0 radical (unpaired) electrons. The van der Waals surface area contributed by atoms with Crippen molar-refractivity contribution in [3.63, 3.8) is 0 Å². The van der Waals surface area contributed by atoms with Gasteiger partial charge in [0.15, 0.2) is 0 Å². The maximum absolute atomic E-state index is 3.71. The van der Waals surface area contributed by atoms with Crippen LogP contribution in [0.25, 0.3) is 0 Å². The zero-order chi connectivity index (χ0) is 13.1. The lowest BCUT2D eigenvalue weighted by Gasteiger charge is -2.15. The second-order valence-electron chi connectivity index (χ2n) is 4.50. The first kappa shape index (κ1) is 16.9. The average Bonchev–Trinajstić information content (AvgIpc) is 2.26. The molecule has 0 aliphatic heterocycles. The third-order valence-electron chi connectivity index (χ3n) is 2.61. The van der Waals surface area contributed by atoms with Gasteiger partial charge in [0.2, 0.25) is 0 Å². The lowest BCUT2D eigenvalue weighted by Crippen LogP contribution is -2.20. The fourth-order valence-corrected chi connectivity index (χ4v) is 2.48. The fourth-order valence-electron chi connectivity index (χ4n) is 1.61. The van der Waals surface area contributed by atoms with Gasteiger partial charge in [-0.3, -0.25) is 0 Å². The average molecular weight is 347 g/mol. The molecule has 2 heteroatoms. The monoisotopic (exact) mass is 347 g/mol. The number of nitrogens with zero attached hydrogens (tertiary/aromatic N) is 1. The van der Waals surface area contributed by atoms with Crippen molar-refractivity contribution in [1.82, 2.24) is 4.90 Å². The lowest BCUT2D eigenvalue weighted by molar-refractivity contribution is 0.324. The highest BCUT2D eigenvalue weighted by atomic mass is 127. The van der Waals surface area contributed by atoms with Gasteiger partial charge in [-0.15, -0.1) is 0 Å². The van der Waals surface area contributed by atoms with Crippen LogP contribution in [0.2, 0.25) is 0 Å². The highest BCUT2D eigenvalue weighted by Gasteiger charge is 1.98. The van der Waals surface area contributed by atoms with Crippen molar-refractivity contribution >= 4 is 22.6 Å². The molecule has 0 aliphatic rings. The molecule has 0 rings (SSSR count). The summed E-state index contributed by atoms with van der Waals surface area (Å²) in [6.07, 6.45) is 11.2. The second kappa shape index (κ2) is 11.0. The van der Waals surface area contributed by atoms with Gasteiger partial charge in [0.25, 0.3) is 0 Å². The van der Waals surface area contributed by atoms with Gasteiger partial charge in [0.1, 0.15) is 0 Å². The van der Waals surface area contributed by atoms with E-state index in [4.69, 9.17) is 0 Å². The Morgan fingerprint density at radius 3 is 2.53 bits per heavy atom. The minimum atomic E-state index is 1.18. The molecule has 0 fully saturated rings. The van der Waals surface area contributed by atoms with Gasteiger partial charge in [-0.2, -0.15) is 0 Å². The molecule has 0 N–H and O–H groups in total. The molecule has 0 aromatic heterocycles. The molecule has 0 aliphatic carbocycles. The second-order valence-corrected chi connectivity index (χ2v) is 5.88. The number of allylic oxidation sites excluding steroid dienone is 5. The molecule has 98 valence electrons.